The molecule has 42 heavy (non-hydrogen) atoms. The zero-order valence-electron chi connectivity index (χ0n) is 23.3. The first kappa shape index (κ1) is 29.5. The van der Waals surface area contributed by atoms with Gasteiger partial charge in [-0.1, -0.05) is 42.5 Å². The highest BCUT2D eigenvalue weighted by Crippen LogP contribution is 2.36. The quantitative estimate of drug-likeness (QED) is 0.0557. The molecule has 0 spiro atoms. The van der Waals surface area contributed by atoms with Gasteiger partial charge >= 0.3 is 5.97 Å². The van der Waals surface area contributed by atoms with E-state index in [2.05, 4.69) is 10.6 Å². The second kappa shape index (κ2) is 13.2. The molecule has 0 aromatic heterocycles. The van der Waals surface area contributed by atoms with Crippen LogP contribution in [0.3, 0.4) is 0 Å². The van der Waals surface area contributed by atoms with Crippen LogP contribution in [0.15, 0.2) is 97.1 Å². The minimum atomic E-state index is -2.01. The van der Waals surface area contributed by atoms with Crippen LogP contribution in [0.25, 0.3) is 0 Å². The van der Waals surface area contributed by atoms with Crippen molar-refractivity contribution in [3.05, 3.63) is 119 Å². The molecular weight excluding hydrogens is 534 g/mol. The maximum atomic E-state index is 14.0. The van der Waals surface area contributed by atoms with E-state index in [1.165, 1.54) is 14.0 Å². The molecule has 4 aromatic rings. The van der Waals surface area contributed by atoms with Crippen LogP contribution in [-0.4, -0.2) is 24.8 Å². The summed E-state index contributed by atoms with van der Waals surface area (Å²) >= 11 is 0. The highest BCUT2D eigenvalue weighted by molar-refractivity contribution is 5.95. The zero-order chi connectivity index (χ0) is 30.1. The molecule has 0 fully saturated rings. The first-order valence-corrected chi connectivity index (χ1v) is 13.1. The highest BCUT2D eigenvalue weighted by Gasteiger charge is 2.45. The molecular formula is C32H33N5O5. The summed E-state index contributed by atoms with van der Waals surface area (Å²) < 4.78 is 17.4. The summed E-state index contributed by atoms with van der Waals surface area (Å²) in [5, 5.41) is 13.6. The Balaban J connectivity index is 1.73. The summed E-state index contributed by atoms with van der Waals surface area (Å²) in [7, 11) is 1.48. The smallest absolute Gasteiger partial charge is 0.305 e. The molecule has 10 nitrogen and oxygen atoms in total. The van der Waals surface area contributed by atoms with E-state index in [0.29, 0.717) is 35.0 Å². The van der Waals surface area contributed by atoms with Crippen LogP contribution in [0.5, 0.6) is 11.5 Å². The molecule has 1 amide bonds. The average molecular weight is 568 g/mol. The van der Waals surface area contributed by atoms with E-state index in [1.807, 2.05) is 30.3 Å². The molecule has 0 heterocycles. The summed E-state index contributed by atoms with van der Waals surface area (Å²) in [4.78, 5) is 26.5. The number of ether oxygens (including phenoxy) is 3. The molecule has 0 aliphatic rings. The summed E-state index contributed by atoms with van der Waals surface area (Å²) in [6.07, 6.45) is 0. The first-order chi connectivity index (χ1) is 20.2. The van der Waals surface area contributed by atoms with Crippen molar-refractivity contribution in [2.45, 2.75) is 25.8 Å². The number of amidine groups is 1. The first-order valence-electron chi connectivity index (χ1n) is 13.1. The fourth-order valence-corrected chi connectivity index (χ4v) is 4.23. The third kappa shape index (κ3) is 7.16. The Morgan fingerprint density at radius 2 is 1.57 bits per heavy atom. The Labute approximate surface area is 244 Å². The van der Waals surface area contributed by atoms with Gasteiger partial charge in [-0.2, -0.15) is 0 Å². The fourth-order valence-electron chi connectivity index (χ4n) is 4.23. The number of esters is 1. The van der Waals surface area contributed by atoms with Crippen LogP contribution in [0.2, 0.25) is 0 Å². The van der Waals surface area contributed by atoms with Crippen molar-refractivity contribution in [2.24, 2.45) is 5.73 Å². The molecule has 0 saturated heterocycles. The van der Waals surface area contributed by atoms with Crippen molar-refractivity contribution < 1.29 is 23.8 Å². The topological polar surface area (TPSA) is 162 Å². The van der Waals surface area contributed by atoms with Crippen LogP contribution in [0.1, 0.15) is 29.2 Å². The standard InChI is InChI=1S/C32H33N5O5/c1-21(38)42-32(37-27-15-10-24(11-16-27)30(34)35,31(39)36-19-22-8-13-26(33)14-9-22)25-12-17-28(29(18-25)40-2)41-20-23-6-4-3-5-7-23/h3-18,37H,19-20,33H2,1-2H3,(H3,34,35)(H,36,39). The molecule has 4 rings (SSSR count). The average Bonchev–Trinajstić information content (AvgIpc) is 2.99. The van der Waals surface area contributed by atoms with E-state index < -0.39 is 17.6 Å². The Hall–Kier alpha value is -5.51. The molecule has 10 heteroatoms. The molecule has 0 bridgehead atoms. The van der Waals surface area contributed by atoms with E-state index in [9.17, 15) is 9.59 Å². The lowest BCUT2D eigenvalue weighted by Gasteiger charge is -2.34. The van der Waals surface area contributed by atoms with E-state index >= 15 is 0 Å². The van der Waals surface area contributed by atoms with Crippen LogP contribution in [-0.2, 0) is 33.2 Å². The number of benzene rings is 4. The molecule has 0 radical (unpaired) electrons. The summed E-state index contributed by atoms with van der Waals surface area (Å²) in [5.41, 5.74) is 13.0. The van der Waals surface area contributed by atoms with Crippen molar-refractivity contribution in [1.29, 1.82) is 5.41 Å². The van der Waals surface area contributed by atoms with Crippen LogP contribution in [0, 0.1) is 5.41 Å². The van der Waals surface area contributed by atoms with Gasteiger partial charge in [0.05, 0.1) is 7.11 Å². The molecule has 0 aliphatic heterocycles. The Bertz CT molecular complexity index is 1540. The minimum absolute atomic E-state index is 0.107. The molecule has 0 aliphatic carbocycles. The van der Waals surface area contributed by atoms with Gasteiger partial charge in [0.1, 0.15) is 12.4 Å². The number of hydrogen-bond donors (Lipinski definition) is 5. The number of nitrogen functional groups attached to an aromatic ring is 2. The normalized spacial score (nSPS) is 12.0. The lowest BCUT2D eigenvalue weighted by Crippen LogP contribution is -2.52. The second-order valence-electron chi connectivity index (χ2n) is 9.46. The monoisotopic (exact) mass is 567 g/mol. The van der Waals surface area contributed by atoms with Gasteiger partial charge in [0, 0.05) is 36.0 Å². The van der Waals surface area contributed by atoms with Gasteiger partial charge in [-0.25, -0.2) is 0 Å². The highest BCUT2D eigenvalue weighted by atomic mass is 16.6. The SMILES string of the molecule is COc1cc(C(Nc2ccc(C(=N)N)cc2)(OC(C)=O)C(=O)NCc2ccc(N)cc2)ccc1OCc1ccccc1. The Morgan fingerprint density at radius 1 is 0.881 bits per heavy atom. The van der Waals surface area contributed by atoms with Gasteiger partial charge in [-0.05, 0) is 65.7 Å². The number of carbonyl (C=O) groups is 2. The van der Waals surface area contributed by atoms with Gasteiger partial charge in [-0.3, -0.25) is 15.0 Å². The van der Waals surface area contributed by atoms with Crippen LogP contribution < -0.4 is 31.6 Å². The third-order valence-electron chi connectivity index (χ3n) is 6.37. The van der Waals surface area contributed by atoms with E-state index in [1.54, 1.807) is 66.7 Å². The lowest BCUT2D eigenvalue weighted by molar-refractivity contribution is -0.165. The predicted octanol–water partition coefficient (Wildman–Crippen LogP) is 4.28. The predicted molar refractivity (Wildman–Crippen MR) is 161 cm³/mol. The number of anilines is 2. The molecule has 1 atom stereocenters. The number of hydrogen-bond acceptors (Lipinski definition) is 8. The fraction of sp³-hybridized carbons (Fsp3) is 0.156. The summed E-state index contributed by atoms with van der Waals surface area (Å²) in [6.45, 7) is 1.66. The third-order valence-corrected chi connectivity index (χ3v) is 6.37. The zero-order valence-corrected chi connectivity index (χ0v) is 23.3. The van der Waals surface area contributed by atoms with Crippen molar-refractivity contribution in [3.8, 4) is 11.5 Å². The lowest BCUT2D eigenvalue weighted by atomic mass is 9.99. The van der Waals surface area contributed by atoms with Gasteiger partial charge in [0.25, 0.3) is 11.6 Å². The Morgan fingerprint density at radius 3 is 2.19 bits per heavy atom. The molecule has 1 unspecified atom stereocenters. The van der Waals surface area contributed by atoms with E-state index in [0.717, 1.165) is 11.1 Å². The van der Waals surface area contributed by atoms with Crippen molar-refractivity contribution >= 4 is 29.1 Å². The molecule has 7 N–H and O–H groups in total. The van der Waals surface area contributed by atoms with Gasteiger partial charge in [0.15, 0.2) is 11.5 Å². The van der Waals surface area contributed by atoms with Crippen molar-refractivity contribution in [3.63, 3.8) is 0 Å². The van der Waals surface area contributed by atoms with Crippen LogP contribution in [0.4, 0.5) is 11.4 Å². The summed E-state index contributed by atoms with van der Waals surface area (Å²) in [6, 6.07) is 28.1. The number of amides is 1. The Kier molecular flexibility index (Phi) is 9.28. The number of rotatable bonds is 12. The minimum Gasteiger partial charge on any atom is -0.493 e. The molecule has 4 aromatic carbocycles. The van der Waals surface area contributed by atoms with Crippen molar-refractivity contribution in [1.82, 2.24) is 5.32 Å². The number of carbonyl (C=O) groups excluding carboxylic acids is 2. The maximum absolute atomic E-state index is 14.0. The van der Waals surface area contributed by atoms with E-state index in [-0.39, 0.29) is 17.9 Å². The number of methoxy groups -OCH3 is 1. The van der Waals surface area contributed by atoms with E-state index in [4.69, 9.17) is 31.1 Å². The van der Waals surface area contributed by atoms with Gasteiger partial charge in [0.2, 0.25) is 0 Å². The maximum Gasteiger partial charge on any atom is 0.305 e. The van der Waals surface area contributed by atoms with Gasteiger partial charge in [-0.15, -0.1) is 0 Å². The van der Waals surface area contributed by atoms with Crippen molar-refractivity contribution in [2.75, 3.05) is 18.2 Å². The second-order valence-corrected chi connectivity index (χ2v) is 9.46. The largest absolute Gasteiger partial charge is 0.493 e. The van der Waals surface area contributed by atoms with Gasteiger partial charge < -0.3 is 36.3 Å². The molecule has 0 saturated carbocycles. The number of nitrogens with one attached hydrogen (secondary N) is 3. The molecule has 216 valence electrons. The van der Waals surface area contributed by atoms with Crippen LogP contribution >= 0.6 is 0 Å². The summed E-state index contributed by atoms with van der Waals surface area (Å²) in [5.74, 6) is -0.668. The number of nitrogens with two attached hydrogens (primary N) is 2.